The lowest BCUT2D eigenvalue weighted by molar-refractivity contribution is -0.134. The van der Waals surface area contributed by atoms with E-state index in [0.717, 1.165) is 5.56 Å². The number of amides is 2. The van der Waals surface area contributed by atoms with E-state index in [-0.39, 0.29) is 47.3 Å². The molecule has 2 aromatic rings. The third-order valence-electron chi connectivity index (χ3n) is 5.69. The number of aryl methyl sites for hydroxylation is 1. The van der Waals surface area contributed by atoms with Gasteiger partial charge in [0.2, 0.25) is 5.91 Å². The number of ether oxygens (including phenoxy) is 1. The number of piperazine rings is 1. The molecule has 0 spiro atoms. The Morgan fingerprint density at radius 3 is 2.39 bits per heavy atom. The number of carbonyl (C=O) groups excluding carboxylic acids is 3. The van der Waals surface area contributed by atoms with Crippen LogP contribution in [-0.4, -0.2) is 70.3 Å². The lowest BCUT2D eigenvalue weighted by atomic mass is 10.0. The zero-order chi connectivity index (χ0) is 24.3. The van der Waals surface area contributed by atoms with Crippen molar-refractivity contribution < 1.29 is 23.5 Å². The standard InChI is InChI=1S/C24H29FN4O4/c1-14(2)21-20(24(32)33-5)22(27-16(4)26-21)23(31)28-10-11-29(15(3)13-28)19(30)12-17-6-8-18(25)9-7-17/h6-9,14-15H,10-13H2,1-5H3. The lowest BCUT2D eigenvalue weighted by Crippen LogP contribution is -2.56. The minimum Gasteiger partial charge on any atom is -0.465 e. The zero-order valence-corrected chi connectivity index (χ0v) is 19.6. The smallest absolute Gasteiger partial charge is 0.342 e. The Balaban J connectivity index is 1.78. The molecule has 3 rings (SSSR count). The first-order valence-corrected chi connectivity index (χ1v) is 10.9. The fourth-order valence-corrected chi connectivity index (χ4v) is 4.01. The van der Waals surface area contributed by atoms with Crippen molar-refractivity contribution >= 4 is 17.8 Å². The predicted molar refractivity (Wildman–Crippen MR) is 119 cm³/mol. The number of hydrogen-bond donors (Lipinski definition) is 0. The van der Waals surface area contributed by atoms with Crippen molar-refractivity contribution in [2.45, 2.75) is 46.1 Å². The Labute approximate surface area is 192 Å². The van der Waals surface area contributed by atoms with Crippen LogP contribution >= 0.6 is 0 Å². The van der Waals surface area contributed by atoms with E-state index in [0.29, 0.717) is 31.2 Å². The zero-order valence-electron chi connectivity index (χ0n) is 19.6. The normalized spacial score (nSPS) is 16.2. The third kappa shape index (κ3) is 5.35. The highest BCUT2D eigenvalue weighted by Crippen LogP contribution is 2.23. The molecule has 0 saturated carbocycles. The first-order valence-electron chi connectivity index (χ1n) is 10.9. The van der Waals surface area contributed by atoms with Crippen LogP contribution in [0.4, 0.5) is 4.39 Å². The number of methoxy groups -OCH3 is 1. The van der Waals surface area contributed by atoms with E-state index in [1.807, 2.05) is 20.8 Å². The highest BCUT2D eigenvalue weighted by Gasteiger charge is 2.34. The molecule has 1 aromatic carbocycles. The van der Waals surface area contributed by atoms with Gasteiger partial charge in [0.1, 0.15) is 22.9 Å². The first-order chi connectivity index (χ1) is 15.6. The summed E-state index contributed by atoms with van der Waals surface area (Å²) in [4.78, 5) is 50.7. The van der Waals surface area contributed by atoms with E-state index in [1.165, 1.54) is 19.2 Å². The monoisotopic (exact) mass is 456 g/mol. The van der Waals surface area contributed by atoms with Gasteiger partial charge in [-0.05, 0) is 37.5 Å². The molecule has 33 heavy (non-hydrogen) atoms. The molecule has 0 radical (unpaired) electrons. The Bertz CT molecular complexity index is 1060. The molecule has 0 N–H and O–H groups in total. The maximum absolute atomic E-state index is 13.4. The average Bonchev–Trinajstić information content (AvgIpc) is 2.78. The molecule has 0 aliphatic carbocycles. The number of hydrogen-bond acceptors (Lipinski definition) is 6. The van der Waals surface area contributed by atoms with Gasteiger partial charge in [-0.3, -0.25) is 9.59 Å². The molecule has 1 fully saturated rings. The van der Waals surface area contributed by atoms with Crippen molar-refractivity contribution in [2.24, 2.45) is 0 Å². The molecule has 1 unspecified atom stereocenters. The van der Waals surface area contributed by atoms with Gasteiger partial charge in [0.05, 0.1) is 19.2 Å². The summed E-state index contributed by atoms with van der Waals surface area (Å²) >= 11 is 0. The molecule has 0 bridgehead atoms. The Morgan fingerprint density at radius 1 is 1.15 bits per heavy atom. The van der Waals surface area contributed by atoms with Crippen LogP contribution < -0.4 is 0 Å². The molecule has 1 atom stereocenters. The van der Waals surface area contributed by atoms with Gasteiger partial charge in [-0.25, -0.2) is 19.2 Å². The summed E-state index contributed by atoms with van der Waals surface area (Å²) in [7, 11) is 1.26. The molecule has 176 valence electrons. The van der Waals surface area contributed by atoms with Gasteiger partial charge in [0, 0.05) is 25.7 Å². The summed E-state index contributed by atoms with van der Waals surface area (Å²) in [6, 6.07) is 5.61. The van der Waals surface area contributed by atoms with Crippen molar-refractivity contribution in [3.8, 4) is 0 Å². The molecule has 1 aliphatic rings. The van der Waals surface area contributed by atoms with Crippen molar-refractivity contribution in [1.29, 1.82) is 0 Å². The topological polar surface area (TPSA) is 92.7 Å². The van der Waals surface area contributed by atoms with Gasteiger partial charge in [0.15, 0.2) is 0 Å². The molecule has 2 heterocycles. The Kier molecular flexibility index (Phi) is 7.40. The number of carbonyl (C=O) groups is 3. The van der Waals surface area contributed by atoms with Crippen LogP contribution in [0.3, 0.4) is 0 Å². The molecule has 1 saturated heterocycles. The van der Waals surface area contributed by atoms with Crippen molar-refractivity contribution in [1.82, 2.24) is 19.8 Å². The van der Waals surface area contributed by atoms with Gasteiger partial charge in [-0.15, -0.1) is 0 Å². The summed E-state index contributed by atoms with van der Waals surface area (Å²) in [5.74, 6) is -1.18. The highest BCUT2D eigenvalue weighted by atomic mass is 19.1. The van der Waals surface area contributed by atoms with Crippen molar-refractivity contribution in [3.63, 3.8) is 0 Å². The minimum atomic E-state index is -0.650. The molecule has 1 aliphatic heterocycles. The van der Waals surface area contributed by atoms with Crippen molar-refractivity contribution in [2.75, 3.05) is 26.7 Å². The second-order valence-corrected chi connectivity index (χ2v) is 8.52. The number of esters is 1. The number of aromatic nitrogens is 2. The second kappa shape index (κ2) is 10.1. The first kappa shape index (κ1) is 24.3. The van der Waals surface area contributed by atoms with E-state index in [2.05, 4.69) is 9.97 Å². The molecule has 1 aromatic heterocycles. The maximum atomic E-state index is 13.4. The molecular formula is C24H29FN4O4. The SMILES string of the molecule is COC(=O)c1c(C(=O)N2CCN(C(=O)Cc3ccc(F)cc3)C(C)C2)nc(C)nc1C(C)C. The van der Waals surface area contributed by atoms with E-state index in [4.69, 9.17) is 4.74 Å². The summed E-state index contributed by atoms with van der Waals surface area (Å²) < 4.78 is 18.0. The van der Waals surface area contributed by atoms with Gasteiger partial charge in [-0.2, -0.15) is 0 Å². The van der Waals surface area contributed by atoms with E-state index < -0.39 is 5.97 Å². The predicted octanol–water partition coefficient (Wildman–Crippen LogP) is 2.75. The van der Waals surface area contributed by atoms with Gasteiger partial charge < -0.3 is 14.5 Å². The number of halogens is 1. The Morgan fingerprint density at radius 2 is 1.82 bits per heavy atom. The van der Waals surface area contributed by atoms with Gasteiger partial charge in [0.25, 0.3) is 5.91 Å². The van der Waals surface area contributed by atoms with E-state index >= 15 is 0 Å². The van der Waals surface area contributed by atoms with Crippen LogP contribution in [-0.2, 0) is 16.0 Å². The van der Waals surface area contributed by atoms with E-state index in [1.54, 1.807) is 28.9 Å². The quantitative estimate of drug-likeness (QED) is 0.643. The van der Waals surface area contributed by atoms with Crippen LogP contribution in [0.2, 0.25) is 0 Å². The third-order valence-corrected chi connectivity index (χ3v) is 5.69. The molecule has 9 heteroatoms. The van der Waals surface area contributed by atoms with Crippen LogP contribution in [0, 0.1) is 12.7 Å². The van der Waals surface area contributed by atoms with Crippen LogP contribution in [0.15, 0.2) is 24.3 Å². The van der Waals surface area contributed by atoms with E-state index in [9.17, 15) is 18.8 Å². The lowest BCUT2D eigenvalue weighted by Gasteiger charge is -2.40. The van der Waals surface area contributed by atoms with Crippen LogP contribution in [0.5, 0.6) is 0 Å². The van der Waals surface area contributed by atoms with Crippen LogP contribution in [0.1, 0.15) is 64.6 Å². The number of benzene rings is 1. The van der Waals surface area contributed by atoms with Gasteiger partial charge in [-0.1, -0.05) is 26.0 Å². The van der Waals surface area contributed by atoms with Crippen LogP contribution in [0.25, 0.3) is 0 Å². The molecular weight excluding hydrogens is 427 g/mol. The number of rotatable bonds is 5. The molecule has 2 amide bonds. The fraction of sp³-hybridized carbons (Fsp3) is 0.458. The summed E-state index contributed by atoms with van der Waals surface area (Å²) in [6.07, 6.45) is 0.161. The van der Waals surface area contributed by atoms with Crippen molar-refractivity contribution in [3.05, 3.63) is 58.4 Å². The highest BCUT2D eigenvalue weighted by molar-refractivity contribution is 6.04. The summed E-state index contributed by atoms with van der Waals surface area (Å²) in [6.45, 7) is 8.27. The summed E-state index contributed by atoms with van der Waals surface area (Å²) in [5, 5.41) is 0. The summed E-state index contributed by atoms with van der Waals surface area (Å²) in [5.41, 5.74) is 1.31. The second-order valence-electron chi connectivity index (χ2n) is 8.52. The minimum absolute atomic E-state index is 0.0244. The largest absolute Gasteiger partial charge is 0.465 e. The Hall–Kier alpha value is -3.36. The average molecular weight is 457 g/mol. The molecule has 8 nitrogen and oxygen atoms in total. The maximum Gasteiger partial charge on any atom is 0.342 e. The number of nitrogens with zero attached hydrogens (tertiary/aromatic N) is 4. The van der Waals surface area contributed by atoms with Gasteiger partial charge >= 0.3 is 5.97 Å². The fourth-order valence-electron chi connectivity index (χ4n) is 4.01.